The lowest BCUT2D eigenvalue weighted by Gasteiger charge is -1.90. The highest BCUT2D eigenvalue weighted by Crippen LogP contribution is 2.02. The van der Waals surface area contributed by atoms with Crippen LogP contribution in [0, 0.1) is 6.92 Å². The van der Waals surface area contributed by atoms with Gasteiger partial charge in [0, 0.05) is 5.69 Å². The van der Waals surface area contributed by atoms with Crippen molar-refractivity contribution in [2.24, 2.45) is 0 Å². The molecule has 0 aliphatic heterocycles. The normalized spacial score (nSPS) is 7.18. The number of aryl methyl sites for hydroxylation is 1. The topological polar surface area (TPSA) is 57.5 Å². The van der Waals surface area contributed by atoms with Gasteiger partial charge in [-0.05, 0) is 19.1 Å². The van der Waals surface area contributed by atoms with Gasteiger partial charge in [0.1, 0.15) is 0 Å². The van der Waals surface area contributed by atoms with E-state index in [1.54, 1.807) is 0 Å². The van der Waals surface area contributed by atoms with Gasteiger partial charge in [-0.15, -0.1) is 0 Å². The minimum Gasteiger partial charge on any atom is -0.412 e. The first kappa shape index (κ1) is 12.6. The second kappa shape index (κ2) is 7.09. The Hall–Kier alpha value is -1.02. The van der Waals surface area contributed by atoms with E-state index < -0.39 is 0 Å². The smallest absolute Gasteiger partial charge is 0.0314 e. The van der Waals surface area contributed by atoms with Crippen molar-refractivity contribution in [2.75, 3.05) is 5.73 Å². The van der Waals surface area contributed by atoms with E-state index in [9.17, 15) is 0 Å². The van der Waals surface area contributed by atoms with Gasteiger partial charge in [0.15, 0.2) is 0 Å². The van der Waals surface area contributed by atoms with Crippen molar-refractivity contribution in [2.45, 2.75) is 20.8 Å². The highest BCUT2D eigenvalue weighted by atomic mass is 16.0. The van der Waals surface area contributed by atoms with Crippen LogP contribution in [0.2, 0.25) is 0 Å². The SMILES string of the molecule is CC.Cc1ccc(N)cc1.O. The van der Waals surface area contributed by atoms with Gasteiger partial charge in [-0.2, -0.15) is 0 Å². The van der Waals surface area contributed by atoms with Gasteiger partial charge in [-0.3, -0.25) is 0 Å². The maximum absolute atomic E-state index is 5.43. The van der Waals surface area contributed by atoms with Crippen molar-refractivity contribution in [3.05, 3.63) is 29.8 Å². The lowest BCUT2D eigenvalue weighted by atomic mass is 10.2. The largest absolute Gasteiger partial charge is 0.412 e. The standard InChI is InChI=1S/C7H9N.C2H6.H2O/c1-6-2-4-7(8)5-3-6;1-2;/h2-5H,8H2,1H3;1-2H3;1H2. The van der Waals surface area contributed by atoms with Gasteiger partial charge in [-0.25, -0.2) is 0 Å². The van der Waals surface area contributed by atoms with Gasteiger partial charge >= 0.3 is 0 Å². The molecule has 64 valence electrons. The van der Waals surface area contributed by atoms with E-state index in [2.05, 4.69) is 0 Å². The molecule has 1 aromatic carbocycles. The Bertz CT molecular complexity index is 148. The molecule has 0 radical (unpaired) electrons. The van der Waals surface area contributed by atoms with Crippen LogP contribution in [-0.2, 0) is 0 Å². The van der Waals surface area contributed by atoms with Crippen LogP contribution in [0.4, 0.5) is 5.69 Å². The number of anilines is 1. The Kier molecular flexibility index (Phi) is 8.15. The van der Waals surface area contributed by atoms with Crippen LogP contribution < -0.4 is 5.73 Å². The van der Waals surface area contributed by atoms with Gasteiger partial charge in [0.25, 0.3) is 0 Å². The zero-order valence-electron chi connectivity index (χ0n) is 7.39. The molecule has 0 unspecified atom stereocenters. The van der Waals surface area contributed by atoms with Gasteiger partial charge in [-0.1, -0.05) is 31.5 Å². The molecule has 0 bridgehead atoms. The lowest BCUT2D eigenvalue weighted by Crippen LogP contribution is -1.81. The predicted molar refractivity (Wildman–Crippen MR) is 50.6 cm³/mol. The van der Waals surface area contributed by atoms with Crippen LogP contribution in [0.5, 0.6) is 0 Å². The summed E-state index contributed by atoms with van der Waals surface area (Å²) in [6.45, 7) is 6.04. The number of hydrogen-bond acceptors (Lipinski definition) is 1. The Labute approximate surface area is 68.4 Å². The second-order valence-electron chi connectivity index (χ2n) is 1.91. The van der Waals surface area contributed by atoms with Crippen molar-refractivity contribution >= 4 is 5.69 Å². The van der Waals surface area contributed by atoms with Crippen LogP contribution >= 0.6 is 0 Å². The molecule has 4 N–H and O–H groups in total. The Morgan fingerprint density at radius 2 is 1.36 bits per heavy atom. The summed E-state index contributed by atoms with van der Waals surface area (Å²) in [5, 5.41) is 0. The van der Waals surface area contributed by atoms with E-state index in [1.807, 2.05) is 45.0 Å². The van der Waals surface area contributed by atoms with Gasteiger partial charge < -0.3 is 11.2 Å². The second-order valence-corrected chi connectivity index (χ2v) is 1.91. The molecule has 2 nitrogen and oxygen atoms in total. The summed E-state index contributed by atoms with van der Waals surface area (Å²) in [6, 6.07) is 7.79. The number of nitrogens with two attached hydrogens (primary N) is 1. The van der Waals surface area contributed by atoms with Crippen LogP contribution in [0.1, 0.15) is 19.4 Å². The third kappa shape index (κ3) is 5.43. The molecule has 0 spiro atoms. The Balaban J connectivity index is 0. The molecule has 0 fully saturated rings. The molecule has 11 heavy (non-hydrogen) atoms. The molecule has 0 aromatic heterocycles. The molecule has 0 atom stereocenters. The molecule has 2 heteroatoms. The van der Waals surface area contributed by atoms with E-state index in [-0.39, 0.29) is 5.48 Å². The maximum atomic E-state index is 5.43. The van der Waals surface area contributed by atoms with Crippen molar-refractivity contribution in [3.63, 3.8) is 0 Å². The summed E-state index contributed by atoms with van der Waals surface area (Å²) in [7, 11) is 0. The van der Waals surface area contributed by atoms with Crippen LogP contribution in [0.15, 0.2) is 24.3 Å². The lowest BCUT2D eigenvalue weighted by molar-refractivity contribution is 0.824. The minimum absolute atomic E-state index is 0. The molecule has 0 saturated carbocycles. The fourth-order valence-corrected chi connectivity index (χ4v) is 0.566. The molecule has 0 saturated heterocycles. The first-order valence-electron chi connectivity index (χ1n) is 3.61. The first-order valence-corrected chi connectivity index (χ1v) is 3.61. The number of hydrogen-bond donors (Lipinski definition) is 1. The summed E-state index contributed by atoms with van der Waals surface area (Å²) in [5.74, 6) is 0. The zero-order chi connectivity index (χ0) is 7.98. The molecule has 0 aliphatic carbocycles. The number of benzene rings is 1. The van der Waals surface area contributed by atoms with E-state index in [1.165, 1.54) is 5.56 Å². The first-order chi connectivity index (χ1) is 4.79. The number of rotatable bonds is 0. The Morgan fingerprint density at radius 3 is 1.64 bits per heavy atom. The fraction of sp³-hybridized carbons (Fsp3) is 0.333. The molecule has 0 amide bonds. The van der Waals surface area contributed by atoms with Crippen LogP contribution in [0.25, 0.3) is 0 Å². The summed E-state index contributed by atoms with van der Waals surface area (Å²) >= 11 is 0. The summed E-state index contributed by atoms with van der Waals surface area (Å²) < 4.78 is 0. The summed E-state index contributed by atoms with van der Waals surface area (Å²) in [6.07, 6.45) is 0. The van der Waals surface area contributed by atoms with Gasteiger partial charge in [0.2, 0.25) is 0 Å². The summed E-state index contributed by atoms with van der Waals surface area (Å²) in [5.41, 5.74) is 7.51. The fourth-order valence-electron chi connectivity index (χ4n) is 0.566. The van der Waals surface area contributed by atoms with Gasteiger partial charge in [0.05, 0.1) is 0 Å². The zero-order valence-corrected chi connectivity index (χ0v) is 7.39. The van der Waals surface area contributed by atoms with Crippen molar-refractivity contribution in [1.82, 2.24) is 0 Å². The Morgan fingerprint density at radius 1 is 1.00 bits per heavy atom. The molecule has 0 aliphatic rings. The third-order valence-corrected chi connectivity index (χ3v) is 1.08. The average molecular weight is 155 g/mol. The summed E-state index contributed by atoms with van der Waals surface area (Å²) in [4.78, 5) is 0. The molecule has 1 rings (SSSR count). The molecule has 0 heterocycles. The monoisotopic (exact) mass is 155 g/mol. The highest BCUT2D eigenvalue weighted by Gasteiger charge is 1.80. The van der Waals surface area contributed by atoms with Crippen LogP contribution in [0.3, 0.4) is 0 Å². The molecular weight excluding hydrogens is 138 g/mol. The van der Waals surface area contributed by atoms with Crippen molar-refractivity contribution < 1.29 is 5.48 Å². The van der Waals surface area contributed by atoms with Crippen molar-refractivity contribution in [3.8, 4) is 0 Å². The van der Waals surface area contributed by atoms with E-state index in [0.717, 1.165) is 5.69 Å². The molecular formula is C9H17NO. The van der Waals surface area contributed by atoms with Crippen molar-refractivity contribution in [1.29, 1.82) is 0 Å². The maximum Gasteiger partial charge on any atom is 0.0314 e. The van der Waals surface area contributed by atoms with E-state index in [0.29, 0.717) is 0 Å². The quantitative estimate of drug-likeness (QED) is 0.570. The van der Waals surface area contributed by atoms with E-state index >= 15 is 0 Å². The average Bonchev–Trinajstić information content (AvgIpc) is 2.00. The molecule has 1 aromatic rings. The third-order valence-electron chi connectivity index (χ3n) is 1.08. The predicted octanol–water partition coefficient (Wildman–Crippen LogP) is 1.78. The van der Waals surface area contributed by atoms with Crippen LogP contribution in [-0.4, -0.2) is 5.48 Å². The minimum atomic E-state index is 0. The highest BCUT2D eigenvalue weighted by molar-refractivity contribution is 5.38. The van der Waals surface area contributed by atoms with E-state index in [4.69, 9.17) is 5.73 Å². The number of nitrogen functional groups attached to an aromatic ring is 1.